The number of fused-ring (bicyclic) bond motifs is 1. The van der Waals surface area contributed by atoms with E-state index in [4.69, 9.17) is 4.98 Å². The van der Waals surface area contributed by atoms with Crippen LogP contribution in [-0.2, 0) is 35.8 Å². The monoisotopic (exact) mass is 299 g/mol. The van der Waals surface area contributed by atoms with Gasteiger partial charge >= 0.3 is 0 Å². The highest BCUT2D eigenvalue weighted by molar-refractivity contribution is 7.92. The predicted molar refractivity (Wildman–Crippen MR) is 80.6 cm³/mol. The Bertz CT molecular complexity index is 588. The number of nitrogens with zero attached hydrogens (tertiary/aromatic N) is 2. The number of nitrogens with one attached hydrogen (secondary N) is 1. The maximum atomic E-state index is 12.0. The van der Waals surface area contributed by atoms with Crippen LogP contribution in [0.15, 0.2) is 0 Å². The first kappa shape index (κ1) is 15.5. The second-order valence-electron chi connectivity index (χ2n) is 6.22. The van der Waals surface area contributed by atoms with Crippen LogP contribution in [0.4, 0.5) is 0 Å². The third kappa shape index (κ3) is 2.91. The zero-order valence-corrected chi connectivity index (χ0v) is 13.7. The molecule has 0 unspecified atom stereocenters. The lowest BCUT2D eigenvalue weighted by molar-refractivity contribution is 0.478. The minimum absolute atomic E-state index is 0.490. The average Bonchev–Trinajstić information content (AvgIpc) is 2.66. The van der Waals surface area contributed by atoms with Crippen LogP contribution in [0, 0.1) is 0 Å². The summed E-state index contributed by atoms with van der Waals surface area (Å²) in [6, 6.07) is 0. The lowest BCUT2D eigenvalue weighted by Gasteiger charge is -2.26. The molecule has 0 bridgehead atoms. The van der Waals surface area contributed by atoms with Crippen molar-refractivity contribution in [2.45, 2.75) is 57.9 Å². The molecule has 0 atom stereocenters. The Morgan fingerprint density at radius 2 is 2.10 bits per heavy atom. The maximum absolute atomic E-state index is 12.0. The largest absolute Gasteiger partial charge is 0.330 e. The fourth-order valence-electron chi connectivity index (χ4n) is 2.53. The van der Waals surface area contributed by atoms with Crippen LogP contribution < -0.4 is 5.32 Å². The van der Waals surface area contributed by atoms with Gasteiger partial charge in [-0.15, -0.1) is 0 Å². The van der Waals surface area contributed by atoms with Crippen molar-refractivity contribution in [2.75, 3.05) is 12.8 Å². The van der Waals surface area contributed by atoms with E-state index in [1.54, 1.807) is 13.8 Å². The van der Waals surface area contributed by atoms with Gasteiger partial charge in [-0.1, -0.05) is 6.92 Å². The topological polar surface area (TPSA) is 64.0 Å². The molecule has 0 amide bonds. The molecule has 20 heavy (non-hydrogen) atoms. The van der Waals surface area contributed by atoms with E-state index in [0.29, 0.717) is 6.54 Å². The quantitative estimate of drug-likeness (QED) is 0.890. The molecule has 2 heterocycles. The molecule has 0 aliphatic carbocycles. The van der Waals surface area contributed by atoms with Gasteiger partial charge in [-0.2, -0.15) is 0 Å². The Morgan fingerprint density at radius 1 is 1.40 bits per heavy atom. The smallest absolute Gasteiger partial charge is 0.154 e. The van der Waals surface area contributed by atoms with Crippen LogP contribution in [0.1, 0.15) is 44.4 Å². The molecule has 1 aromatic rings. The van der Waals surface area contributed by atoms with Crippen LogP contribution in [0.25, 0.3) is 0 Å². The van der Waals surface area contributed by atoms with Crippen molar-refractivity contribution < 1.29 is 8.42 Å². The maximum Gasteiger partial charge on any atom is 0.154 e. The summed E-state index contributed by atoms with van der Waals surface area (Å²) in [4.78, 5) is 4.71. The number of hydrogen-bond donors (Lipinski definition) is 1. The lowest BCUT2D eigenvalue weighted by Crippen LogP contribution is -2.37. The zero-order chi connectivity index (χ0) is 15.0. The summed E-state index contributed by atoms with van der Waals surface area (Å²) in [5, 5.41) is 3.32. The SMILES string of the molecule is CCCc1nc2c(n1CC(C)(C)S(C)(=O)=O)CCNC2. The first-order valence-corrected chi connectivity index (χ1v) is 9.13. The number of aryl methyl sites for hydroxylation is 1. The molecule has 6 heteroatoms. The van der Waals surface area contributed by atoms with E-state index in [-0.39, 0.29) is 0 Å². The van der Waals surface area contributed by atoms with Gasteiger partial charge in [0, 0.05) is 44.4 Å². The van der Waals surface area contributed by atoms with Crippen LogP contribution in [0.3, 0.4) is 0 Å². The molecule has 114 valence electrons. The van der Waals surface area contributed by atoms with Gasteiger partial charge in [-0.25, -0.2) is 13.4 Å². The molecule has 0 radical (unpaired) electrons. The molecule has 1 aliphatic heterocycles. The van der Waals surface area contributed by atoms with E-state index in [1.165, 1.54) is 11.9 Å². The van der Waals surface area contributed by atoms with Crippen molar-refractivity contribution in [2.24, 2.45) is 0 Å². The molecule has 5 nitrogen and oxygen atoms in total. The highest BCUT2D eigenvalue weighted by Crippen LogP contribution is 2.24. The van der Waals surface area contributed by atoms with Gasteiger partial charge in [-0.05, 0) is 20.3 Å². The minimum Gasteiger partial charge on any atom is -0.330 e. The van der Waals surface area contributed by atoms with Gasteiger partial charge in [0.1, 0.15) is 5.82 Å². The Hall–Kier alpha value is -0.880. The summed E-state index contributed by atoms with van der Waals surface area (Å²) in [6.45, 7) is 7.93. The van der Waals surface area contributed by atoms with Gasteiger partial charge in [-0.3, -0.25) is 0 Å². The van der Waals surface area contributed by atoms with Crippen molar-refractivity contribution in [3.05, 3.63) is 17.2 Å². The first-order valence-electron chi connectivity index (χ1n) is 7.23. The van der Waals surface area contributed by atoms with E-state index < -0.39 is 14.6 Å². The molecule has 0 spiro atoms. The Labute approximate surface area is 121 Å². The van der Waals surface area contributed by atoms with E-state index in [0.717, 1.165) is 43.9 Å². The highest BCUT2D eigenvalue weighted by atomic mass is 32.2. The van der Waals surface area contributed by atoms with Crippen molar-refractivity contribution in [3.63, 3.8) is 0 Å². The molecule has 1 N–H and O–H groups in total. The third-order valence-electron chi connectivity index (χ3n) is 4.08. The molecule has 1 aliphatic rings. The van der Waals surface area contributed by atoms with Gasteiger partial charge in [0.15, 0.2) is 9.84 Å². The Morgan fingerprint density at radius 3 is 2.70 bits per heavy atom. The van der Waals surface area contributed by atoms with Gasteiger partial charge < -0.3 is 9.88 Å². The average molecular weight is 299 g/mol. The summed E-state index contributed by atoms with van der Waals surface area (Å²) in [6.07, 6.45) is 4.15. The number of aromatic nitrogens is 2. The molecular formula is C14H25N3O2S. The minimum atomic E-state index is -3.10. The molecule has 2 rings (SSSR count). The molecular weight excluding hydrogens is 274 g/mol. The van der Waals surface area contributed by atoms with Crippen molar-refractivity contribution in [1.82, 2.24) is 14.9 Å². The molecule has 0 fully saturated rings. The second-order valence-corrected chi connectivity index (χ2v) is 8.87. The standard InChI is InChI=1S/C14H25N3O2S/c1-5-6-13-16-11-9-15-8-7-12(11)17(13)10-14(2,3)20(4,18)19/h15H,5-10H2,1-4H3. The van der Waals surface area contributed by atoms with Crippen LogP contribution >= 0.6 is 0 Å². The van der Waals surface area contributed by atoms with Crippen molar-refractivity contribution >= 4 is 9.84 Å². The summed E-state index contributed by atoms with van der Waals surface area (Å²) in [5.41, 5.74) is 2.30. The van der Waals surface area contributed by atoms with Crippen LogP contribution in [-0.4, -0.2) is 35.5 Å². The zero-order valence-electron chi connectivity index (χ0n) is 12.9. The van der Waals surface area contributed by atoms with Gasteiger partial charge in [0.05, 0.1) is 10.4 Å². The fourth-order valence-corrected chi connectivity index (χ4v) is 2.89. The van der Waals surface area contributed by atoms with Gasteiger partial charge in [0.25, 0.3) is 0 Å². The predicted octanol–water partition coefficient (Wildman–Crippen LogP) is 1.30. The lowest BCUT2D eigenvalue weighted by atomic mass is 10.1. The first-order chi connectivity index (χ1) is 9.26. The summed E-state index contributed by atoms with van der Waals surface area (Å²) < 4.78 is 25.3. The molecule has 0 saturated carbocycles. The van der Waals surface area contributed by atoms with E-state index in [2.05, 4.69) is 16.8 Å². The van der Waals surface area contributed by atoms with Crippen LogP contribution in [0.5, 0.6) is 0 Å². The summed E-state index contributed by atoms with van der Waals surface area (Å²) >= 11 is 0. The van der Waals surface area contributed by atoms with Crippen molar-refractivity contribution in [3.8, 4) is 0 Å². The molecule has 1 aromatic heterocycles. The van der Waals surface area contributed by atoms with Crippen LogP contribution in [0.2, 0.25) is 0 Å². The number of hydrogen-bond acceptors (Lipinski definition) is 4. The third-order valence-corrected chi connectivity index (χ3v) is 6.22. The van der Waals surface area contributed by atoms with Crippen molar-refractivity contribution in [1.29, 1.82) is 0 Å². The molecule has 0 aromatic carbocycles. The van der Waals surface area contributed by atoms with E-state index >= 15 is 0 Å². The number of imidazole rings is 1. The van der Waals surface area contributed by atoms with E-state index in [1.807, 2.05) is 0 Å². The second kappa shape index (κ2) is 5.48. The Kier molecular flexibility index (Phi) is 4.25. The number of sulfone groups is 1. The molecule has 0 saturated heterocycles. The highest BCUT2D eigenvalue weighted by Gasteiger charge is 2.33. The summed E-state index contributed by atoms with van der Waals surface area (Å²) in [7, 11) is -3.10. The summed E-state index contributed by atoms with van der Waals surface area (Å²) in [5.74, 6) is 1.03. The van der Waals surface area contributed by atoms with E-state index in [9.17, 15) is 8.42 Å². The number of rotatable bonds is 5. The normalized spacial score (nSPS) is 16.2. The van der Waals surface area contributed by atoms with Gasteiger partial charge in [0.2, 0.25) is 0 Å². The Balaban J connectivity index is 2.42. The fraction of sp³-hybridized carbons (Fsp3) is 0.786.